The van der Waals surface area contributed by atoms with E-state index in [0.29, 0.717) is 59.2 Å². The van der Waals surface area contributed by atoms with Crippen LogP contribution >= 0.6 is 11.6 Å². The van der Waals surface area contributed by atoms with Gasteiger partial charge in [-0.3, -0.25) is 4.79 Å². The summed E-state index contributed by atoms with van der Waals surface area (Å²) >= 11 is 5.99. The number of halogens is 2. The number of methoxy groups -OCH3 is 1. The second kappa shape index (κ2) is 9.50. The maximum atomic E-state index is 14.2. The standard InChI is InChI=1S/C23H22ClFN4O4/c1-13(30)23(31)29-7-5-15(6-8-29)33-21-11-18-16(10-20(21)32-2)22(27-12-26-18)28-19-9-14(24)3-4-17(19)25/h3-4,9-12,15,30H,1,5-8H2,2H3,(H,26,27,28). The van der Waals surface area contributed by atoms with Gasteiger partial charge in [0, 0.05) is 42.4 Å². The van der Waals surface area contributed by atoms with Crippen molar-refractivity contribution in [3.05, 3.63) is 59.8 Å². The first-order valence-corrected chi connectivity index (χ1v) is 10.6. The average Bonchev–Trinajstić information content (AvgIpc) is 2.81. The summed E-state index contributed by atoms with van der Waals surface area (Å²) in [6.07, 6.45) is 2.40. The number of nitrogens with one attached hydrogen (secondary N) is 1. The number of hydrogen-bond donors (Lipinski definition) is 2. The highest BCUT2D eigenvalue weighted by Crippen LogP contribution is 2.36. The minimum atomic E-state index is -0.468. The number of carbonyl (C=O) groups excluding carboxylic acids is 1. The fraction of sp³-hybridized carbons (Fsp3) is 0.261. The van der Waals surface area contributed by atoms with Gasteiger partial charge in [0.1, 0.15) is 24.1 Å². The molecule has 0 spiro atoms. The predicted molar refractivity (Wildman–Crippen MR) is 123 cm³/mol. The summed E-state index contributed by atoms with van der Waals surface area (Å²) in [5.41, 5.74) is 0.767. The second-order valence-electron chi connectivity index (χ2n) is 7.55. The van der Waals surface area contributed by atoms with Gasteiger partial charge in [-0.25, -0.2) is 14.4 Å². The van der Waals surface area contributed by atoms with E-state index in [-0.39, 0.29) is 11.8 Å². The Kier molecular flexibility index (Phi) is 6.50. The van der Waals surface area contributed by atoms with E-state index < -0.39 is 17.5 Å². The molecule has 1 aliphatic heterocycles. The van der Waals surface area contributed by atoms with Crippen molar-refractivity contribution in [2.45, 2.75) is 18.9 Å². The third-order valence-corrected chi connectivity index (χ3v) is 5.61. The van der Waals surface area contributed by atoms with Crippen molar-refractivity contribution in [2.75, 3.05) is 25.5 Å². The molecule has 0 unspecified atom stereocenters. The fourth-order valence-electron chi connectivity index (χ4n) is 3.67. The summed E-state index contributed by atoms with van der Waals surface area (Å²) in [6, 6.07) is 7.68. The van der Waals surface area contributed by atoms with Crippen LogP contribution in [0.5, 0.6) is 11.5 Å². The van der Waals surface area contributed by atoms with Gasteiger partial charge >= 0.3 is 0 Å². The van der Waals surface area contributed by atoms with Crippen molar-refractivity contribution in [3.63, 3.8) is 0 Å². The number of likely N-dealkylation sites (tertiary alicyclic amines) is 1. The number of amides is 1. The number of piperidine rings is 1. The Hall–Kier alpha value is -3.59. The molecule has 0 atom stereocenters. The first kappa shape index (κ1) is 22.6. The molecule has 0 saturated carbocycles. The molecule has 4 rings (SSSR count). The van der Waals surface area contributed by atoms with Gasteiger partial charge < -0.3 is 24.8 Å². The quantitative estimate of drug-likeness (QED) is 0.399. The molecule has 2 aromatic carbocycles. The van der Waals surface area contributed by atoms with E-state index in [1.807, 2.05) is 0 Å². The van der Waals surface area contributed by atoms with Crippen molar-refractivity contribution < 1.29 is 23.8 Å². The molecule has 2 N–H and O–H groups in total. The topological polar surface area (TPSA) is 96.8 Å². The molecular weight excluding hydrogens is 451 g/mol. The average molecular weight is 473 g/mol. The third kappa shape index (κ3) is 4.93. The van der Waals surface area contributed by atoms with Gasteiger partial charge in [0.2, 0.25) is 0 Å². The van der Waals surface area contributed by atoms with E-state index in [2.05, 4.69) is 21.9 Å². The Morgan fingerprint density at radius 2 is 2.00 bits per heavy atom. The lowest BCUT2D eigenvalue weighted by Crippen LogP contribution is -2.42. The summed E-state index contributed by atoms with van der Waals surface area (Å²) in [7, 11) is 1.52. The number of aromatic nitrogens is 2. The molecule has 1 aliphatic rings. The van der Waals surface area contributed by atoms with Gasteiger partial charge in [0.15, 0.2) is 17.3 Å². The SMILES string of the molecule is C=C(O)C(=O)N1CCC(Oc2cc3ncnc(Nc4cc(Cl)ccc4F)c3cc2OC)CC1. The maximum Gasteiger partial charge on any atom is 0.288 e. The first-order chi connectivity index (χ1) is 15.9. The summed E-state index contributed by atoms with van der Waals surface area (Å²) in [5.74, 6) is -0.0410. The number of nitrogens with zero attached hydrogens (tertiary/aromatic N) is 3. The van der Waals surface area contributed by atoms with E-state index >= 15 is 0 Å². The number of fused-ring (bicyclic) bond motifs is 1. The molecule has 0 bridgehead atoms. The van der Waals surface area contributed by atoms with Crippen molar-refractivity contribution in [2.24, 2.45) is 0 Å². The molecule has 2 heterocycles. The van der Waals surface area contributed by atoms with Crippen LogP contribution in [-0.4, -0.2) is 52.2 Å². The zero-order chi connectivity index (χ0) is 23.5. The molecule has 0 radical (unpaired) electrons. The molecule has 0 aliphatic carbocycles. The molecule has 33 heavy (non-hydrogen) atoms. The van der Waals surface area contributed by atoms with Crippen molar-refractivity contribution in [1.29, 1.82) is 0 Å². The van der Waals surface area contributed by atoms with Gasteiger partial charge in [0.25, 0.3) is 5.91 Å². The van der Waals surface area contributed by atoms with Gasteiger partial charge in [-0.05, 0) is 24.3 Å². The zero-order valence-corrected chi connectivity index (χ0v) is 18.6. The normalized spacial score (nSPS) is 14.2. The van der Waals surface area contributed by atoms with Gasteiger partial charge in [0.05, 0.1) is 18.3 Å². The smallest absolute Gasteiger partial charge is 0.288 e. The van der Waals surface area contributed by atoms with Crippen molar-refractivity contribution >= 4 is 39.9 Å². The van der Waals surface area contributed by atoms with Gasteiger partial charge in [-0.1, -0.05) is 18.2 Å². The number of hydrogen-bond acceptors (Lipinski definition) is 7. The summed E-state index contributed by atoms with van der Waals surface area (Å²) < 4.78 is 25.9. The Labute approximate surface area is 194 Å². The van der Waals surface area contributed by atoms with E-state index in [0.717, 1.165) is 0 Å². The van der Waals surface area contributed by atoms with Crippen molar-refractivity contribution in [1.82, 2.24) is 14.9 Å². The minimum Gasteiger partial charge on any atom is -0.503 e. The highest BCUT2D eigenvalue weighted by molar-refractivity contribution is 6.30. The lowest BCUT2D eigenvalue weighted by atomic mass is 10.1. The van der Waals surface area contributed by atoms with E-state index in [9.17, 15) is 14.3 Å². The fourth-order valence-corrected chi connectivity index (χ4v) is 3.85. The maximum absolute atomic E-state index is 14.2. The van der Waals surface area contributed by atoms with Gasteiger partial charge in [-0.2, -0.15) is 0 Å². The third-order valence-electron chi connectivity index (χ3n) is 5.37. The highest BCUT2D eigenvalue weighted by atomic mass is 35.5. The van der Waals surface area contributed by atoms with Crippen LogP contribution in [0.3, 0.4) is 0 Å². The van der Waals surface area contributed by atoms with Crippen LogP contribution in [0.4, 0.5) is 15.9 Å². The van der Waals surface area contributed by atoms with Crippen LogP contribution in [0, 0.1) is 5.82 Å². The number of carbonyl (C=O) groups is 1. The Bertz CT molecular complexity index is 1210. The molecule has 3 aromatic rings. The van der Waals surface area contributed by atoms with E-state index in [1.54, 1.807) is 17.0 Å². The Balaban J connectivity index is 1.57. The Morgan fingerprint density at radius 3 is 2.70 bits per heavy atom. The van der Waals surface area contributed by atoms with Crippen LogP contribution in [0.15, 0.2) is 49.0 Å². The summed E-state index contributed by atoms with van der Waals surface area (Å²) in [5, 5.41) is 13.3. The van der Waals surface area contributed by atoms with Crippen molar-refractivity contribution in [3.8, 4) is 11.5 Å². The predicted octanol–water partition coefficient (Wildman–Crippen LogP) is 4.62. The summed E-state index contributed by atoms with van der Waals surface area (Å²) in [6.45, 7) is 4.17. The summed E-state index contributed by atoms with van der Waals surface area (Å²) in [4.78, 5) is 22.0. The molecule has 1 saturated heterocycles. The van der Waals surface area contributed by atoms with Crippen LogP contribution in [0.25, 0.3) is 10.9 Å². The second-order valence-corrected chi connectivity index (χ2v) is 7.98. The molecule has 8 nitrogen and oxygen atoms in total. The lowest BCUT2D eigenvalue weighted by molar-refractivity contribution is -0.131. The zero-order valence-electron chi connectivity index (χ0n) is 17.8. The minimum absolute atomic E-state index is 0.146. The van der Waals surface area contributed by atoms with Crippen LogP contribution in [0.1, 0.15) is 12.8 Å². The molecular formula is C23H22ClFN4O4. The van der Waals surface area contributed by atoms with E-state index in [1.165, 1.54) is 31.6 Å². The first-order valence-electron chi connectivity index (χ1n) is 10.2. The number of benzene rings is 2. The monoisotopic (exact) mass is 472 g/mol. The molecule has 1 aromatic heterocycles. The molecule has 1 amide bonds. The molecule has 172 valence electrons. The van der Waals surface area contributed by atoms with E-state index in [4.69, 9.17) is 21.1 Å². The van der Waals surface area contributed by atoms with Crippen LogP contribution in [0.2, 0.25) is 5.02 Å². The largest absolute Gasteiger partial charge is 0.503 e. The van der Waals surface area contributed by atoms with Crippen LogP contribution < -0.4 is 14.8 Å². The Morgan fingerprint density at radius 1 is 1.24 bits per heavy atom. The van der Waals surface area contributed by atoms with Crippen LogP contribution in [-0.2, 0) is 4.79 Å². The molecule has 10 heteroatoms. The number of aliphatic hydroxyl groups excluding tert-OH is 1. The number of ether oxygens (including phenoxy) is 2. The molecule has 1 fully saturated rings. The lowest BCUT2D eigenvalue weighted by Gasteiger charge is -2.32. The number of anilines is 2. The number of rotatable bonds is 6. The highest BCUT2D eigenvalue weighted by Gasteiger charge is 2.26. The van der Waals surface area contributed by atoms with Gasteiger partial charge in [-0.15, -0.1) is 0 Å². The number of aliphatic hydroxyl groups is 1.